The predicted octanol–water partition coefficient (Wildman–Crippen LogP) is 3.26. The second-order valence-corrected chi connectivity index (χ2v) is 6.37. The zero-order chi connectivity index (χ0) is 17.5. The SMILES string of the molecule is O=c1oc(=O)c2c(Cl)c3c(Cl)c4c(=O)oc(=O)c4c(Cl)c3c(Cl)c12. The Balaban J connectivity index is 2.57. The molecule has 24 heavy (non-hydrogen) atoms. The Morgan fingerprint density at radius 1 is 0.417 bits per heavy atom. The van der Waals surface area contributed by atoms with Crippen molar-refractivity contribution < 1.29 is 8.83 Å². The van der Waals surface area contributed by atoms with Crippen molar-refractivity contribution in [2.24, 2.45) is 0 Å². The Kier molecular flexibility index (Phi) is 3.15. The molecule has 0 fully saturated rings. The van der Waals surface area contributed by atoms with Gasteiger partial charge in [-0.25, -0.2) is 19.2 Å². The average molecular weight is 406 g/mol. The minimum atomic E-state index is -1.00. The molecule has 0 unspecified atom stereocenters. The van der Waals surface area contributed by atoms with Crippen LogP contribution in [-0.2, 0) is 0 Å². The van der Waals surface area contributed by atoms with Crippen molar-refractivity contribution in [2.45, 2.75) is 0 Å². The van der Waals surface area contributed by atoms with Crippen molar-refractivity contribution in [2.75, 3.05) is 0 Å². The van der Waals surface area contributed by atoms with E-state index in [2.05, 4.69) is 8.83 Å². The third-order valence-electron chi connectivity index (χ3n) is 3.69. The van der Waals surface area contributed by atoms with Gasteiger partial charge in [-0.2, -0.15) is 0 Å². The first-order valence-electron chi connectivity index (χ1n) is 6.14. The van der Waals surface area contributed by atoms with Gasteiger partial charge >= 0.3 is 22.5 Å². The summed E-state index contributed by atoms with van der Waals surface area (Å²) in [5, 5.41) is -2.28. The first-order valence-corrected chi connectivity index (χ1v) is 7.65. The molecule has 4 aromatic rings. The molecule has 2 heterocycles. The van der Waals surface area contributed by atoms with Crippen LogP contribution in [0.2, 0.25) is 20.1 Å². The molecule has 120 valence electrons. The first-order chi connectivity index (χ1) is 11.3. The summed E-state index contributed by atoms with van der Waals surface area (Å²) >= 11 is 24.8. The van der Waals surface area contributed by atoms with Crippen molar-refractivity contribution in [3.05, 3.63) is 61.8 Å². The van der Waals surface area contributed by atoms with Crippen LogP contribution in [-0.4, -0.2) is 0 Å². The molecule has 0 aliphatic rings. The zero-order valence-corrected chi connectivity index (χ0v) is 14.0. The summed E-state index contributed by atoms with van der Waals surface area (Å²) in [4.78, 5) is 47.3. The molecule has 0 saturated heterocycles. The van der Waals surface area contributed by atoms with Crippen LogP contribution in [0.1, 0.15) is 0 Å². The maximum atomic E-state index is 11.8. The fourth-order valence-corrected chi connectivity index (χ4v) is 4.25. The van der Waals surface area contributed by atoms with Crippen LogP contribution in [0.3, 0.4) is 0 Å². The summed E-state index contributed by atoms with van der Waals surface area (Å²) in [5.41, 5.74) is -4.02. The first kappa shape index (κ1) is 15.7. The summed E-state index contributed by atoms with van der Waals surface area (Å²) in [6, 6.07) is 0. The van der Waals surface area contributed by atoms with E-state index in [1.54, 1.807) is 0 Å². The number of furan rings is 2. The van der Waals surface area contributed by atoms with Crippen LogP contribution < -0.4 is 22.5 Å². The van der Waals surface area contributed by atoms with Crippen molar-refractivity contribution in [3.63, 3.8) is 0 Å². The van der Waals surface area contributed by atoms with Crippen LogP contribution in [0.4, 0.5) is 0 Å². The van der Waals surface area contributed by atoms with E-state index in [9.17, 15) is 19.2 Å². The fraction of sp³-hybridized carbons (Fsp3) is 0. The lowest BCUT2D eigenvalue weighted by Gasteiger charge is -2.09. The van der Waals surface area contributed by atoms with E-state index in [1.165, 1.54) is 0 Å². The lowest BCUT2D eigenvalue weighted by molar-refractivity contribution is 0.499. The molecule has 0 spiro atoms. The smallest absolute Gasteiger partial charge is 0.348 e. The van der Waals surface area contributed by atoms with E-state index < -0.39 is 22.5 Å². The van der Waals surface area contributed by atoms with Gasteiger partial charge in [0.1, 0.15) is 0 Å². The van der Waals surface area contributed by atoms with Crippen molar-refractivity contribution in [1.82, 2.24) is 0 Å². The van der Waals surface area contributed by atoms with Crippen LogP contribution in [0.25, 0.3) is 32.3 Å². The third-order valence-corrected chi connectivity index (χ3v) is 5.21. The molecule has 0 atom stereocenters. The molecule has 0 aliphatic heterocycles. The van der Waals surface area contributed by atoms with E-state index in [4.69, 9.17) is 46.4 Å². The molecule has 2 aromatic carbocycles. The maximum Gasteiger partial charge on any atom is 0.348 e. The molecule has 6 nitrogen and oxygen atoms in total. The summed E-state index contributed by atoms with van der Waals surface area (Å²) < 4.78 is 8.99. The summed E-state index contributed by atoms with van der Waals surface area (Å²) in [6.45, 7) is 0. The monoisotopic (exact) mass is 404 g/mol. The van der Waals surface area contributed by atoms with Gasteiger partial charge < -0.3 is 8.83 Å². The fourth-order valence-electron chi connectivity index (χ4n) is 2.71. The predicted molar refractivity (Wildman–Crippen MR) is 91.0 cm³/mol. The van der Waals surface area contributed by atoms with E-state index in [0.29, 0.717) is 0 Å². The van der Waals surface area contributed by atoms with Gasteiger partial charge in [0.25, 0.3) is 0 Å². The molecule has 0 bridgehead atoms. The highest BCUT2D eigenvalue weighted by Crippen LogP contribution is 2.46. The molecule has 0 aliphatic carbocycles. The molecule has 4 rings (SSSR count). The van der Waals surface area contributed by atoms with Crippen molar-refractivity contribution >= 4 is 78.7 Å². The minimum absolute atomic E-state index is 0.0517. The third kappa shape index (κ3) is 1.69. The Bertz CT molecular complexity index is 1210. The van der Waals surface area contributed by atoms with Crippen molar-refractivity contribution in [3.8, 4) is 0 Å². The Morgan fingerprint density at radius 3 is 0.833 bits per heavy atom. The number of hydrogen-bond acceptors (Lipinski definition) is 6. The van der Waals surface area contributed by atoms with Crippen LogP contribution >= 0.6 is 46.4 Å². The molecule has 0 saturated carbocycles. The van der Waals surface area contributed by atoms with E-state index in [0.717, 1.165) is 0 Å². The highest BCUT2D eigenvalue weighted by atomic mass is 35.5. The van der Waals surface area contributed by atoms with E-state index >= 15 is 0 Å². The van der Waals surface area contributed by atoms with Gasteiger partial charge in [-0.1, -0.05) is 46.4 Å². The average Bonchev–Trinajstić information content (AvgIpc) is 2.96. The number of rotatable bonds is 0. The maximum absolute atomic E-state index is 11.8. The highest BCUT2D eigenvalue weighted by molar-refractivity contribution is 6.56. The lowest BCUT2D eigenvalue weighted by Crippen LogP contribution is -1.97. The summed E-state index contributed by atoms with van der Waals surface area (Å²) in [6.07, 6.45) is 0. The Hall–Kier alpha value is -1.86. The lowest BCUT2D eigenvalue weighted by atomic mass is 10.0. The van der Waals surface area contributed by atoms with E-state index in [1.807, 2.05) is 0 Å². The van der Waals surface area contributed by atoms with Crippen LogP contribution in [0.5, 0.6) is 0 Å². The topological polar surface area (TPSA) is 94.6 Å². The second-order valence-electron chi connectivity index (χ2n) is 4.86. The molecule has 10 heteroatoms. The molecule has 0 radical (unpaired) electrons. The zero-order valence-electron chi connectivity index (χ0n) is 11.0. The van der Waals surface area contributed by atoms with Gasteiger partial charge in [-0.05, 0) is 0 Å². The summed E-state index contributed by atoms with van der Waals surface area (Å²) in [5.74, 6) is 0. The highest BCUT2D eigenvalue weighted by Gasteiger charge is 2.28. The molecular weight excluding hydrogens is 406 g/mol. The van der Waals surface area contributed by atoms with Crippen LogP contribution in [0, 0.1) is 0 Å². The van der Waals surface area contributed by atoms with E-state index in [-0.39, 0.29) is 52.4 Å². The number of fused-ring (bicyclic) bond motifs is 3. The number of hydrogen-bond donors (Lipinski definition) is 0. The number of benzene rings is 2. The van der Waals surface area contributed by atoms with Crippen LogP contribution in [0.15, 0.2) is 28.0 Å². The van der Waals surface area contributed by atoms with Crippen molar-refractivity contribution in [1.29, 1.82) is 0 Å². The Morgan fingerprint density at radius 2 is 0.625 bits per heavy atom. The van der Waals surface area contributed by atoms with Gasteiger partial charge in [0.15, 0.2) is 0 Å². The quantitative estimate of drug-likeness (QED) is 0.445. The van der Waals surface area contributed by atoms with Gasteiger partial charge in [0, 0.05) is 10.8 Å². The molecule has 2 aromatic heterocycles. The molecular formula is C14Cl4O6. The minimum Gasteiger partial charge on any atom is -0.386 e. The van der Waals surface area contributed by atoms with Gasteiger partial charge in [-0.3, -0.25) is 0 Å². The van der Waals surface area contributed by atoms with Gasteiger partial charge in [-0.15, -0.1) is 0 Å². The number of halogens is 4. The molecule has 0 amide bonds. The van der Waals surface area contributed by atoms with Gasteiger partial charge in [0.05, 0.1) is 41.6 Å². The normalized spacial score (nSPS) is 12.0. The molecule has 0 N–H and O–H groups in total. The summed E-state index contributed by atoms with van der Waals surface area (Å²) in [7, 11) is 0. The Labute approximate surface area is 149 Å². The second kappa shape index (κ2) is 4.83. The van der Waals surface area contributed by atoms with Gasteiger partial charge in [0.2, 0.25) is 0 Å². The standard InChI is InChI=1S/C14Cl4O6/c15-7-1-2(9(17)5-3(7)11(19)23-13(5)21)10(18)6-4(8(1)16)12(20)24-14(6)22. The largest absolute Gasteiger partial charge is 0.386 e.